The molecule has 10 heavy (non-hydrogen) atoms. The Labute approximate surface area is 77.4 Å². The molecule has 0 aliphatic carbocycles. The van der Waals surface area contributed by atoms with Crippen LogP contribution in [0.2, 0.25) is 0 Å². The highest BCUT2D eigenvalue weighted by Gasteiger charge is 1.93. The molecule has 54 valence electrons. The Kier molecular flexibility index (Phi) is 0.848. The van der Waals surface area contributed by atoms with E-state index in [1.165, 1.54) is 18.3 Å². The quantitative estimate of drug-likeness (QED) is 0.699. The zero-order chi connectivity index (χ0) is 12.6. The molecule has 3 heteroatoms. The second kappa shape index (κ2) is 3.01. The minimum Gasteiger partial charge on any atom is -0.363 e. The number of anilines is 1. The maximum Gasteiger partial charge on any atom is 0.128 e. The van der Waals surface area contributed by atoms with Gasteiger partial charge in [-0.2, -0.15) is 0 Å². The first-order chi connectivity index (χ1) is 7.12. The zero-order valence-electron chi connectivity index (χ0n) is 11.0. The van der Waals surface area contributed by atoms with Gasteiger partial charge in [0.15, 0.2) is 0 Å². The van der Waals surface area contributed by atoms with E-state index in [1.54, 1.807) is 0 Å². The maximum absolute atomic E-state index is 7.18. The van der Waals surface area contributed by atoms with Crippen molar-refractivity contribution in [2.75, 3.05) is 18.9 Å². The largest absolute Gasteiger partial charge is 0.363 e. The summed E-state index contributed by atoms with van der Waals surface area (Å²) in [6, 6.07) is 2.87. The molecule has 0 atom stereocenters. The number of halogens is 1. The maximum atomic E-state index is 7.18. The Morgan fingerprint density at radius 2 is 2.40 bits per heavy atom. The van der Waals surface area contributed by atoms with Crippen molar-refractivity contribution in [3.05, 3.63) is 22.8 Å². The summed E-state index contributed by atoms with van der Waals surface area (Å²) in [6.45, 7) is -5.52. The molecular formula is C7H9BrN2. The van der Waals surface area contributed by atoms with Gasteiger partial charge in [0.2, 0.25) is 0 Å². The normalized spacial score (nSPS) is 20.9. The minimum absolute atomic E-state index is 0.108. The van der Waals surface area contributed by atoms with Crippen molar-refractivity contribution < 1.29 is 8.22 Å². The molecular weight excluding hydrogens is 192 g/mol. The Hall–Kier alpha value is -0.570. The second-order valence-corrected chi connectivity index (χ2v) is 2.59. The summed E-state index contributed by atoms with van der Waals surface area (Å²) in [5.74, 6) is -0.108. The first kappa shape index (κ1) is 2.81. The van der Waals surface area contributed by atoms with Crippen LogP contribution < -0.4 is 4.90 Å². The van der Waals surface area contributed by atoms with Gasteiger partial charge in [0, 0.05) is 32.8 Å². The van der Waals surface area contributed by atoms with Gasteiger partial charge in [0.05, 0.1) is 0 Å². The van der Waals surface area contributed by atoms with Crippen molar-refractivity contribution in [3.63, 3.8) is 0 Å². The molecule has 0 N–H and O–H groups in total. The summed E-state index contributed by atoms with van der Waals surface area (Å²) in [5, 5.41) is 0. The first-order valence-electron chi connectivity index (χ1n) is 5.54. The third kappa shape index (κ3) is 1.70. The van der Waals surface area contributed by atoms with Crippen LogP contribution in [0.5, 0.6) is 0 Å². The van der Waals surface area contributed by atoms with E-state index in [1.807, 2.05) is 0 Å². The Morgan fingerprint density at radius 1 is 1.60 bits per heavy atom. The van der Waals surface area contributed by atoms with E-state index in [0.29, 0.717) is 9.37 Å². The van der Waals surface area contributed by atoms with Gasteiger partial charge in [-0.05, 0) is 28.1 Å². The smallest absolute Gasteiger partial charge is 0.128 e. The fourth-order valence-corrected chi connectivity index (χ4v) is 0.735. The highest BCUT2D eigenvalue weighted by molar-refractivity contribution is 9.10. The molecule has 0 aromatic carbocycles. The fourth-order valence-electron chi connectivity index (χ4n) is 0.500. The molecule has 2 nitrogen and oxygen atoms in total. The van der Waals surface area contributed by atoms with Crippen LogP contribution in [0.15, 0.2) is 22.8 Å². The molecule has 0 fully saturated rings. The molecule has 0 amide bonds. The van der Waals surface area contributed by atoms with Gasteiger partial charge in [0.25, 0.3) is 0 Å². The highest BCUT2D eigenvalue weighted by atomic mass is 79.9. The molecule has 1 rings (SSSR count). The molecule has 0 unspecified atom stereocenters. The Bertz CT molecular complexity index is 343. The van der Waals surface area contributed by atoms with Gasteiger partial charge in [-0.15, -0.1) is 0 Å². The number of hydrogen-bond acceptors (Lipinski definition) is 2. The van der Waals surface area contributed by atoms with Crippen molar-refractivity contribution in [1.29, 1.82) is 0 Å². The van der Waals surface area contributed by atoms with Crippen molar-refractivity contribution >= 4 is 21.7 Å². The number of nitrogens with zero attached hydrogens (tertiary/aromatic N) is 2. The van der Waals surface area contributed by atoms with Crippen LogP contribution >= 0.6 is 15.9 Å². The lowest BCUT2D eigenvalue weighted by atomic mass is 10.4. The molecule has 0 aliphatic rings. The average molecular weight is 207 g/mol. The van der Waals surface area contributed by atoms with Crippen LogP contribution in [0.1, 0.15) is 8.22 Å². The summed E-state index contributed by atoms with van der Waals surface area (Å²) in [5.41, 5.74) is 0. The molecule has 0 bridgehead atoms. The van der Waals surface area contributed by atoms with Gasteiger partial charge < -0.3 is 4.90 Å². The van der Waals surface area contributed by atoms with Crippen molar-refractivity contribution in [1.82, 2.24) is 4.98 Å². The molecule has 0 aliphatic heterocycles. The number of pyridine rings is 1. The molecule has 0 saturated heterocycles. The summed E-state index contributed by atoms with van der Waals surface area (Å²) in [7, 11) is 0. The average Bonchev–Trinajstić information content (AvgIpc) is 2.03. The first-order valence-corrected chi connectivity index (χ1v) is 3.33. The van der Waals surface area contributed by atoms with Gasteiger partial charge in [-0.3, -0.25) is 0 Å². The van der Waals surface area contributed by atoms with Crippen LogP contribution in [0, 0.1) is 0 Å². The van der Waals surface area contributed by atoms with Crippen LogP contribution in [-0.4, -0.2) is 18.9 Å². The summed E-state index contributed by atoms with van der Waals surface area (Å²) < 4.78 is 43.7. The van der Waals surface area contributed by atoms with Gasteiger partial charge in [-0.25, -0.2) is 4.98 Å². The highest BCUT2D eigenvalue weighted by Crippen LogP contribution is 2.11. The van der Waals surface area contributed by atoms with Crippen molar-refractivity contribution in [3.8, 4) is 0 Å². The standard InChI is InChI=1S/C7H9BrN2/c1-10(2)7-4-3-6(8)5-9-7/h3-5H,1-2H3/i1D3,2D3. The lowest BCUT2D eigenvalue weighted by Crippen LogP contribution is -2.09. The predicted molar refractivity (Wildman–Crippen MR) is 46.3 cm³/mol. The van der Waals surface area contributed by atoms with Crippen molar-refractivity contribution in [2.24, 2.45) is 0 Å². The van der Waals surface area contributed by atoms with Crippen LogP contribution in [0.3, 0.4) is 0 Å². The van der Waals surface area contributed by atoms with E-state index in [2.05, 4.69) is 20.9 Å². The number of rotatable bonds is 1. The number of aromatic nitrogens is 1. The lowest BCUT2D eigenvalue weighted by Gasteiger charge is -2.09. The number of hydrogen-bond donors (Lipinski definition) is 0. The van der Waals surface area contributed by atoms with Crippen molar-refractivity contribution in [2.45, 2.75) is 0 Å². The molecule has 0 saturated carbocycles. The van der Waals surface area contributed by atoms with E-state index < -0.39 is 14.0 Å². The van der Waals surface area contributed by atoms with Gasteiger partial charge >= 0.3 is 0 Å². The molecule has 0 spiro atoms. The summed E-state index contributed by atoms with van der Waals surface area (Å²) in [4.78, 5) is 4.11. The van der Waals surface area contributed by atoms with Gasteiger partial charge in [0.1, 0.15) is 5.82 Å². The fraction of sp³-hybridized carbons (Fsp3) is 0.286. The second-order valence-electron chi connectivity index (χ2n) is 1.67. The topological polar surface area (TPSA) is 16.1 Å². The van der Waals surface area contributed by atoms with Crippen LogP contribution in [0.4, 0.5) is 5.82 Å². The molecule has 1 heterocycles. The predicted octanol–water partition coefficient (Wildman–Crippen LogP) is 1.91. The van der Waals surface area contributed by atoms with Crippen LogP contribution in [-0.2, 0) is 0 Å². The summed E-state index contributed by atoms with van der Waals surface area (Å²) in [6.07, 6.45) is 1.35. The van der Waals surface area contributed by atoms with E-state index >= 15 is 0 Å². The molecule has 1 aromatic heterocycles. The third-order valence-corrected chi connectivity index (χ3v) is 1.41. The molecule has 0 radical (unpaired) electrons. The SMILES string of the molecule is [2H]C([2H])([2H])N(c1ccc(Br)cn1)C([2H])([2H])[2H]. The minimum atomic E-state index is -2.76. The molecule has 1 aromatic rings. The Morgan fingerprint density at radius 3 is 2.90 bits per heavy atom. The zero-order valence-corrected chi connectivity index (χ0v) is 6.59. The van der Waals surface area contributed by atoms with E-state index in [4.69, 9.17) is 8.22 Å². The lowest BCUT2D eigenvalue weighted by molar-refractivity contribution is 1.07. The Balaban J connectivity index is 3.18. The third-order valence-electron chi connectivity index (χ3n) is 0.941. The van der Waals surface area contributed by atoms with Gasteiger partial charge in [-0.1, -0.05) is 0 Å². The van der Waals surface area contributed by atoms with Crippen LogP contribution in [0.25, 0.3) is 0 Å². The van der Waals surface area contributed by atoms with E-state index in [-0.39, 0.29) is 5.82 Å². The van der Waals surface area contributed by atoms with E-state index in [9.17, 15) is 0 Å². The summed E-state index contributed by atoms with van der Waals surface area (Å²) >= 11 is 3.13. The monoisotopic (exact) mass is 206 g/mol. The van der Waals surface area contributed by atoms with E-state index in [0.717, 1.165) is 0 Å².